The van der Waals surface area contributed by atoms with Gasteiger partial charge in [-0.15, -0.1) is 0 Å². The van der Waals surface area contributed by atoms with E-state index in [4.69, 9.17) is 4.42 Å². The van der Waals surface area contributed by atoms with Crippen LogP contribution in [0.1, 0.15) is 0 Å². The summed E-state index contributed by atoms with van der Waals surface area (Å²) in [7, 11) is 0. The number of rotatable bonds is 7. The number of anilines is 3. The van der Waals surface area contributed by atoms with Gasteiger partial charge in [0.2, 0.25) is 0 Å². The second-order valence-electron chi connectivity index (χ2n) is 15.7. The number of fused-ring (bicyclic) bond motifs is 7. The minimum Gasteiger partial charge on any atom is -0.456 e. The minimum atomic E-state index is 0.904. The topological polar surface area (TPSA) is 21.3 Å². The van der Waals surface area contributed by atoms with Crippen molar-refractivity contribution in [2.45, 2.75) is 0 Å². The van der Waals surface area contributed by atoms with Crippen molar-refractivity contribution in [3.05, 3.63) is 231 Å². The molecule has 0 aliphatic carbocycles. The molecule has 2 aromatic heterocycles. The highest BCUT2D eigenvalue weighted by molar-refractivity contribution is 6.13. The van der Waals surface area contributed by atoms with E-state index >= 15 is 0 Å². The zero-order chi connectivity index (χ0) is 40.3. The van der Waals surface area contributed by atoms with Crippen molar-refractivity contribution in [2.75, 3.05) is 4.90 Å². The Labute approximate surface area is 353 Å². The summed E-state index contributed by atoms with van der Waals surface area (Å²) >= 11 is 0. The number of furan rings is 1. The van der Waals surface area contributed by atoms with Crippen molar-refractivity contribution in [1.29, 1.82) is 0 Å². The highest BCUT2D eigenvalue weighted by Gasteiger charge is 2.20. The summed E-state index contributed by atoms with van der Waals surface area (Å²) in [4.78, 5) is 2.40. The predicted molar refractivity (Wildman–Crippen MR) is 257 cm³/mol. The van der Waals surface area contributed by atoms with E-state index in [1.807, 2.05) is 12.1 Å². The molecule has 0 unspecified atom stereocenters. The molecule has 0 N–H and O–H groups in total. The fourth-order valence-electron chi connectivity index (χ4n) is 9.29. The summed E-state index contributed by atoms with van der Waals surface area (Å²) in [5, 5.41) is 7.14. The molecular formula is C58H38N2O. The Morgan fingerprint density at radius 2 is 0.836 bits per heavy atom. The summed E-state index contributed by atoms with van der Waals surface area (Å²) in [5.74, 6) is 0. The van der Waals surface area contributed by atoms with Gasteiger partial charge in [-0.2, -0.15) is 0 Å². The maximum Gasteiger partial charge on any atom is 0.135 e. The van der Waals surface area contributed by atoms with Crippen LogP contribution in [0.5, 0.6) is 0 Å². The number of para-hydroxylation sites is 3. The van der Waals surface area contributed by atoms with E-state index in [-0.39, 0.29) is 0 Å². The molecule has 3 nitrogen and oxygen atoms in total. The summed E-state index contributed by atoms with van der Waals surface area (Å²) in [5.41, 5.74) is 15.8. The Hall–Kier alpha value is -8.14. The van der Waals surface area contributed by atoms with Crippen LogP contribution in [0.25, 0.3) is 93.6 Å². The molecule has 0 radical (unpaired) electrons. The molecule has 0 saturated heterocycles. The van der Waals surface area contributed by atoms with Gasteiger partial charge in [-0.3, -0.25) is 0 Å². The zero-order valence-corrected chi connectivity index (χ0v) is 33.2. The lowest BCUT2D eigenvalue weighted by atomic mass is 9.95. The van der Waals surface area contributed by atoms with Crippen molar-refractivity contribution >= 4 is 71.6 Å². The van der Waals surface area contributed by atoms with Crippen LogP contribution in [-0.4, -0.2) is 4.57 Å². The van der Waals surface area contributed by atoms with Crippen molar-refractivity contribution in [1.82, 2.24) is 4.57 Å². The van der Waals surface area contributed by atoms with Crippen LogP contribution in [0.2, 0.25) is 0 Å². The third kappa shape index (κ3) is 5.90. The Morgan fingerprint density at radius 1 is 0.311 bits per heavy atom. The van der Waals surface area contributed by atoms with Crippen LogP contribution in [0, 0.1) is 0 Å². The van der Waals surface area contributed by atoms with Crippen LogP contribution in [0.4, 0.5) is 17.1 Å². The summed E-state index contributed by atoms with van der Waals surface area (Å²) < 4.78 is 8.52. The van der Waals surface area contributed by atoms with Gasteiger partial charge in [-0.05, 0) is 118 Å². The first-order valence-electron chi connectivity index (χ1n) is 20.8. The second-order valence-corrected chi connectivity index (χ2v) is 15.7. The third-order valence-corrected chi connectivity index (χ3v) is 12.2. The molecular weight excluding hydrogens is 741 g/mol. The SMILES string of the molecule is c1ccc(-c2ccc(N(c3ccc(-c4ccc5oc6ccccc6c5c4)cc3)c3ccc(-c4ccc5c(c4)c4ccccc4n5-c4ccccc4)c4ccccc34)cc2)cc1. The molecule has 0 amide bonds. The van der Waals surface area contributed by atoms with E-state index < -0.39 is 0 Å². The Balaban J connectivity index is 0.992. The molecule has 12 aromatic rings. The van der Waals surface area contributed by atoms with Gasteiger partial charge in [0, 0.05) is 44.0 Å². The monoisotopic (exact) mass is 778 g/mol. The summed E-state index contributed by atoms with van der Waals surface area (Å²) in [6, 6.07) is 83.0. The van der Waals surface area contributed by atoms with E-state index in [2.05, 4.69) is 228 Å². The lowest BCUT2D eigenvalue weighted by Crippen LogP contribution is -2.10. The van der Waals surface area contributed by atoms with Crippen molar-refractivity contribution in [3.8, 4) is 39.1 Å². The van der Waals surface area contributed by atoms with Crippen LogP contribution < -0.4 is 4.90 Å². The largest absolute Gasteiger partial charge is 0.456 e. The molecule has 0 atom stereocenters. The predicted octanol–water partition coefficient (Wildman–Crippen LogP) is 16.3. The third-order valence-electron chi connectivity index (χ3n) is 12.2. The first-order chi connectivity index (χ1) is 30.2. The van der Waals surface area contributed by atoms with Gasteiger partial charge in [0.25, 0.3) is 0 Å². The molecule has 61 heavy (non-hydrogen) atoms. The Morgan fingerprint density at radius 3 is 1.59 bits per heavy atom. The van der Waals surface area contributed by atoms with Gasteiger partial charge >= 0.3 is 0 Å². The van der Waals surface area contributed by atoms with Crippen molar-refractivity contribution in [3.63, 3.8) is 0 Å². The number of nitrogens with zero attached hydrogens (tertiary/aromatic N) is 2. The molecule has 0 fully saturated rings. The number of aromatic nitrogens is 1. The fourth-order valence-corrected chi connectivity index (χ4v) is 9.29. The molecule has 286 valence electrons. The van der Waals surface area contributed by atoms with Crippen LogP contribution >= 0.6 is 0 Å². The molecule has 10 aromatic carbocycles. The van der Waals surface area contributed by atoms with Gasteiger partial charge in [0.1, 0.15) is 11.2 Å². The van der Waals surface area contributed by atoms with E-state index in [9.17, 15) is 0 Å². The normalized spacial score (nSPS) is 11.6. The number of hydrogen-bond donors (Lipinski definition) is 0. The fraction of sp³-hybridized carbons (Fsp3) is 0. The lowest BCUT2D eigenvalue weighted by molar-refractivity contribution is 0.669. The zero-order valence-electron chi connectivity index (χ0n) is 33.2. The molecule has 0 spiro atoms. The average molecular weight is 779 g/mol. The van der Waals surface area contributed by atoms with Crippen molar-refractivity contribution in [2.24, 2.45) is 0 Å². The smallest absolute Gasteiger partial charge is 0.135 e. The van der Waals surface area contributed by atoms with Gasteiger partial charge < -0.3 is 13.9 Å². The maximum absolute atomic E-state index is 6.15. The van der Waals surface area contributed by atoms with Gasteiger partial charge in [-0.25, -0.2) is 0 Å². The number of hydrogen-bond acceptors (Lipinski definition) is 2. The Bertz CT molecular complexity index is 3560. The molecule has 0 aliphatic rings. The second kappa shape index (κ2) is 14.3. The minimum absolute atomic E-state index is 0.904. The highest BCUT2D eigenvalue weighted by Crippen LogP contribution is 2.44. The average Bonchev–Trinajstić information content (AvgIpc) is 3.88. The van der Waals surface area contributed by atoms with Crippen LogP contribution in [0.15, 0.2) is 235 Å². The van der Waals surface area contributed by atoms with Crippen LogP contribution in [0.3, 0.4) is 0 Å². The molecule has 0 saturated carbocycles. The van der Waals surface area contributed by atoms with E-state index in [1.165, 1.54) is 54.8 Å². The quantitative estimate of drug-likeness (QED) is 0.161. The summed E-state index contributed by atoms with van der Waals surface area (Å²) in [6.45, 7) is 0. The highest BCUT2D eigenvalue weighted by atomic mass is 16.3. The van der Waals surface area contributed by atoms with Gasteiger partial charge in [0.15, 0.2) is 0 Å². The molecule has 2 heterocycles. The first kappa shape index (κ1) is 34.9. The lowest BCUT2D eigenvalue weighted by Gasteiger charge is -2.28. The van der Waals surface area contributed by atoms with Gasteiger partial charge in [0.05, 0.1) is 16.7 Å². The maximum atomic E-state index is 6.15. The molecule has 12 rings (SSSR count). The van der Waals surface area contributed by atoms with E-state index in [0.29, 0.717) is 0 Å². The molecule has 3 heteroatoms. The number of benzene rings is 10. The molecule has 0 aliphatic heterocycles. The van der Waals surface area contributed by atoms with Gasteiger partial charge in [-0.1, -0.05) is 152 Å². The van der Waals surface area contributed by atoms with Crippen molar-refractivity contribution < 1.29 is 4.42 Å². The van der Waals surface area contributed by atoms with Crippen LogP contribution in [-0.2, 0) is 0 Å². The summed E-state index contributed by atoms with van der Waals surface area (Å²) in [6.07, 6.45) is 0. The molecule has 0 bridgehead atoms. The van der Waals surface area contributed by atoms with E-state index in [1.54, 1.807) is 0 Å². The first-order valence-corrected chi connectivity index (χ1v) is 20.8. The standard InChI is InChI=1S/C58H38N2O/c1-3-13-39(14-4-1)40-23-29-45(30-24-40)59(46-31-25-41(26-32-46)42-28-36-58-53(37-42)51-20-10-12-22-57(51)61-58)55-35-33-47(48-17-7-8-18-49(48)55)43-27-34-56-52(38-43)50-19-9-11-21-54(50)60(56)44-15-5-2-6-16-44/h1-38H. The van der Waals surface area contributed by atoms with E-state index in [0.717, 1.165) is 55.8 Å². The Kier molecular flexibility index (Phi) is 8.17.